The number of rotatable bonds is 1. The largest absolute Gasteiger partial charge is 0.332 e. The van der Waals surface area contributed by atoms with Gasteiger partial charge in [-0.3, -0.25) is 28.3 Å². The highest BCUT2D eigenvalue weighted by Crippen LogP contribution is 2.03. The van der Waals surface area contributed by atoms with Crippen molar-refractivity contribution in [3.63, 3.8) is 0 Å². The molecule has 0 saturated carbocycles. The number of hydrogen-bond donors (Lipinski definition) is 1. The molecular formula is C16H20N8O4. The Morgan fingerprint density at radius 3 is 2.04 bits per heavy atom. The SMILES string of the molecule is CCn1c(=O)[nH]c(=O)c2c1ncn2C.Cn1c(=O)c2c(ncn2C)n(C)c1=O. The smallest absolute Gasteiger partial charge is 0.328 e. The van der Waals surface area contributed by atoms with Crippen LogP contribution in [-0.4, -0.2) is 37.8 Å². The van der Waals surface area contributed by atoms with E-state index in [9.17, 15) is 19.2 Å². The van der Waals surface area contributed by atoms with E-state index >= 15 is 0 Å². The van der Waals surface area contributed by atoms with Crippen LogP contribution in [0.4, 0.5) is 0 Å². The highest BCUT2D eigenvalue weighted by atomic mass is 16.2. The average molecular weight is 388 g/mol. The first-order chi connectivity index (χ1) is 13.2. The molecule has 0 unspecified atom stereocenters. The van der Waals surface area contributed by atoms with Crippen LogP contribution in [0.3, 0.4) is 0 Å². The molecule has 0 aliphatic heterocycles. The lowest BCUT2D eigenvalue weighted by Crippen LogP contribution is -2.37. The minimum absolute atomic E-state index is 0.317. The minimum Gasteiger partial charge on any atom is -0.328 e. The van der Waals surface area contributed by atoms with Gasteiger partial charge in [0.2, 0.25) is 0 Å². The summed E-state index contributed by atoms with van der Waals surface area (Å²) in [4.78, 5) is 56.2. The van der Waals surface area contributed by atoms with E-state index in [1.165, 1.54) is 28.8 Å². The van der Waals surface area contributed by atoms with E-state index in [0.717, 1.165) is 4.57 Å². The lowest BCUT2D eigenvalue weighted by molar-refractivity contribution is 0.705. The predicted molar refractivity (Wildman–Crippen MR) is 102 cm³/mol. The molecule has 28 heavy (non-hydrogen) atoms. The maximum absolute atomic E-state index is 11.7. The number of imidazole rings is 2. The van der Waals surface area contributed by atoms with Crippen LogP contribution in [-0.2, 0) is 34.7 Å². The van der Waals surface area contributed by atoms with Gasteiger partial charge in [0.15, 0.2) is 22.3 Å². The minimum atomic E-state index is -0.413. The van der Waals surface area contributed by atoms with Gasteiger partial charge in [-0.25, -0.2) is 19.6 Å². The lowest BCUT2D eigenvalue weighted by Gasteiger charge is -2.02. The highest BCUT2D eigenvalue weighted by Gasteiger charge is 2.12. The second-order valence-electron chi connectivity index (χ2n) is 6.26. The van der Waals surface area contributed by atoms with Crippen LogP contribution in [0.15, 0.2) is 31.8 Å². The molecule has 12 nitrogen and oxygen atoms in total. The quantitative estimate of drug-likeness (QED) is 0.418. The van der Waals surface area contributed by atoms with Crippen LogP contribution in [0.5, 0.6) is 0 Å². The first kappa shape index (κ1) is 19.1. The molecule has 0 aromatic carbocycles. The van der Waals surface area contributed by atoms with Crippen molar-refractivity contribution in [2.75, 3.05) is 0 Å². The fourth-order valence-corrected chi connectivity index (χ4v) is 2.96. The molecule has 0 atom stereocenters. The number of aromatic nitrogens is 8. The van der Waals surface area contributed by atoms with Gasteiger partial charge in [0.25, 0.3) is 11.1 Å². The normalized spacial score (nSPS) is 11.0. The molecule has 4 aromatic rings. The summed E-state index contributed by atoms with van der Waals surface area (Å²) in [5.74, 6) is 0. The number of aromatic amines is 1. The molecule has 12 heteroatoms. The first-order valence-corrected chi connectivity index (χ1v) is 8.40. The van der Waals surface area contributed by atoms with E-state index in [-0.39, 0.29) is 11.2 Å². The zero-order chi connectivity index (χ0) is 20.7. The Labute approximate surface area is 156 Å². The number of nitrogens with one attached hydrogen (secondary N) is 1. The second-order valence-corrected chi connectivity index (χ2v) is 6.26. The molecule has 148 valence electrons. The van der Waals surface area contributed by atoms with Crippen LogP contribution in [0.25, 0.3) is 22.3 Å². The molecule has 0 fully saturated rings. The average Bonchev–Trinajstić information content (AvgIpc) is 3.22. The van der Waals surface area contributed by atoms with Crippen molar-refractivity contribution in [3.8, 4) is 0 Å². The standard InChI is InChI=1S/2C8H10N4O2/c1-10-4-9-6-5(10)7(13)12(3)8(14)11(6)2;1-3-12-6-5(11(2)4-9-6)7(13)10-8(12)14/h4H,1-3H3;4H,3H2,1-2H3,(H,10,13,14). The number of aryl methyl sites for hydroxylation is 4. The third kappa shape index (κ3) is 2.78. The van der Waals surface area contributed by atoms with Crippen molar-refractivity contribution in [3.05, 3.63) is 54.3 Å². The Morgan fingerprint density at radius 2 is 1.43 bits per heavy atom. The van der Waals surface area contributed by atoms with Crippen molar-refractivity contribution in [1.29, 1.82) is 0 Å². The summed E-state index contributed by atoms with van der Waals surface area (Å²) < 4.78 is 7.06. The molecule has 4 rings (SSSR count). The molecule has 1 N–H and O–H groups in total. The van der Waals surface area contributed by atoms with E-state index in [4.69, 9.17) is 0 Å². The van der Waals surface area contributed by atoms with E-state index < -0.39 is 11.2 Å². The van der Waals surface area contributed by atoms with Crippen molar-refractivity contribution >= 4 is 22.3 Å². The Balaban J connectivity index is 0.000000161. The molecule has 4 aromatic heterocycles. The van der Waals surface area contributed by atoms with Gasteiger partial charge in [0.1, 0.15) is 0 Å². The van der Waals surface area contributed by atoms with E-state index in [1.807, 2.05) is 6.92 Å². The highest BCUT2D eigenvalue weighted by molar-refractivity contribution is 5.70. The number of hydrogen-bond acceptors (Lipinski definition) is 6. The molecule has 4 heterocycles. The Morgan fingerprint density at radius 1 is 0.857 bits per heavy atom. The van der Waals surface area contributed by atoms with Gasteiger partial charge in [-0.15, -0.1) is 0 Å². The van der Waals surface area contributed by atoms with Gasteiger partial charge in [-0.05, 0) is 6.92 Å². The zero-order valence-corrected chi connectivity index (χ0v) is 16.1. The molecule has 0 aliphatic carbocycles. The van der Waals surface area contributed by atoms with Crippen molar-refractivity contribution in [2.45, 2.75) is 13.5 Å². The molecule has 0 aliphatic rings. The maximum Gasteiger partial charge on any atom is 0.332 e. The van der Waals surface area contributed by atoms with E-state index in [1.54, 1.807) is 30.3 Å². The van der Waals surface area contributed by atoms with Gasteiger partial charge in [0, 0.05) is 34.7 Å². The van der Waals surface area contributed by atoms with Gasteiger partial charge in [-0.1, -0.05) is 0 Å². The maximum atomic E-state index is 11.7. The summed E-state index contributed by atoms with van der Waals surface area (Å²) in [5.41, 5.74) is 0.230. The van der Waals surface area contributed by atoms with Crippen molar-refractivity contribution in [2.24, 2.45) is 28.2 Å². The summed E-state index contributed by atoms with van der Waals surface area (Å²) in [6, 6.07) is 0. The van der Waals surface area contributed by atoms with Crippen LogP contribution in [0.2, 0.25) is 0 Å². The fraction of sp³-hybridized carbons (Fsp3) is 0.375. The summed E-state index contributed by atoms with van der Waals surface area (Å²) >= 11 is 0. The third-order valence-corrected chi connectivity index (χ3v) is 4.49. The Kier molecular flexibility index (Phi) is 4.63. The molecule has 0 bridgehead atoms. The third-order valence-electron chi connectivity index (χ3n) is 4.49. The second kappa shape index (κ2) is 6.79. The number of fused-ring (bicyclic) bond motifs is 2. The van der Waals surface area contributed by atoms with Gasteiger partial charge < -0.3 is 9.13 Å². The lowest BCUT2D eigenvalue weighted by atomic mass is 10.5. The van der Waals surface area contributed by atoms with Gasteiger partial charge >= 0.3 is 11.4 Å². The van der Waals surface area contributed by atoms with Crippen molar-refractivity contribution < 1.29 is 0 Å². The molecular weight excluding hydrogens is 368 g/mol. The zero-order valence-electron chi connectivity index (χ0n) is 16.1. The van der Waals surface area contributed by atoms with E-state index in [0.29, 0.717) is 28.9 Å². The Hall–Kier alpha value is -3.70. The summed E-state index contributed by atoms with van der Waals surface area (Å²) in [6.45, 7) is 2.32. The topological polar surface area (TPSA) is 134 Å². The summed E-state index contributed by atoms with van der Waals surface area (Å²) in [6.07, 6.45) is 3.04. The molecule has 0 radical (unpaired) electrons. The van der Waals surface area contributed by atoms with Crippen LogP contribution < -0.4 is 22.5 Å². The van der Waals surface area contributed by atoms with Gasteiger partial charge in [0.05, 0.1) is 12.7 Å². The summed E-state index contributed by atoms with van der Waals surface area (Å²) in [7, 11) is 6.49. The fourth-order valence-electron chi connectivity index (χ4n) is 2.96. The Bertz CT molecular complexity index is 1430. The van der Waals surface area contributed by atoms with Crippen LogP contribution in [0, 0.1) is 0 Å². The van der Waals surface area contributed by atoms with Gasteiger partial charge in [-0.2, -0.15) is 0 Å². The van der Waals surface area contributed by atoms with E-state index in [2.05, 4.69) is 15.0 Å². The summed E-state index contributed by atoms with van der Waals surface area (Å²) in [5, 5.41) is 0. The first-order valence-electron chi connectivity index (χ1n) is 8.40. The van der Waals surface area contributed by atoms with Crippen LogP contribution in [0.1, 0.15) is 6.92 Å². The molecule has 0 spiro atoms. The number of nitrogens with zero attached hydrogens (tertiary/aromatic N) is 7. The number of H-pyrrole nitrogens is 1. The molecule has 0 amide bonds. The molecule has 0 saturated heterocycles. The van der Waals surface area contributed by atoms with Crippen molar-refractivity contribution in [1.82, 2.24) is 37.8 Å². The predicted octanol–water partition coefficient (Wildman–Crippen LogP) is -1.59. The van der Waals surface area contributed by atoms with Crippen LogP contribution >= 0.6 is 0 Å². The monoisotopic (exact) mass is 388 g/mol.